The minimum atomic E-state index is 0.664. The summed E-state index contributed by atoms with van der Waals surface area (Å²) in [6.45, 7) is 10.1. The third kappa shape index (κ3) is 4.95. The predicted molar refractivity (Wildman–Crippen MR) is 87.3 cm³/mol. The first kappa shape index (κ1) is 16.2. The molecule has 2 heterocycles. The normalized spacial score (nSPS) is 11.7. The van der Waals surface area contributed by atoms with Gasteiger partial charge in [0.1, 0.15) is 5.76 Å². The molecule has 0 unspecified atom stereocenters. The molecule has 0 spiro atoms. The molecule has 0 saturated heterocycles. The van der Waals surface area contributed by atoms with Gasteiger partial charge in [-0.15, -0.1) is 11.3 Å². The Kier molecular flexibility index (Phi) is 5.96. The molecule has 0 fully saturated rings. The van der Waals surface area contributed by atoms with Crippen LogP contribution in [0.5, 0.6) is 0 Å². The van der Waals surface area contributed by atoms with E-state index < -0.39 is 0 Å². The summed E-state index contributed by atoms with van der Waals surface area (Å²) < 4.78 is 5.65. The molecule has 0 atom stereocenters. The highest BCUT2D eigenvalue weighted by Gasteiger charge is 2.11. The summed E-state index contributed by atoms with van der Waals surface area (Å²) in [5.74, 6) is 1.72. The van der Waals surface area contributed by atoms with Crippen molar-refractivity contribution in [1.29, 1.82) is 0 Å². The largest absolute Gasteiger partial charge is 0.468 e. The van der Waals surface area contributed by atoms with E-state index in [1.54, 1.807) is 17.6 Å². The van der Waals surface area contributed by atoms with Gasteiger partial charge in [-0.2, -0.15) is 0 Å². The van der Waals surface area contributed by atoms with Gasteiger partial charge in [0.05, 0.1) is 24.0 Å². The Morgan fingerprint density at radius 3 is 2.86 bits per heavy atom. The zero-order valence-corrected chi connectivity index (χ0v) is 14.2. The summed E-state index contributed by atoms with van der Waals surface area (Å²) in [6, 6.07) is 2.06. The molecule has 5 heteroatoms. The maximum Gasteiger partial charge on any atom is 0.122 e. The van der Waals surface area contributed by atoms with Crippen molar-refractivity contribution in [3.63, 3.8) is 0 Å². The van der Waals surface area contributed by atoms with Crippen LogP contribution in [-0.2, 0) is 19.6 Å². The van der Waals surface area contributed by atoms with Crippen LogP contribution in [0.4, 0.5) is 0 Å². The lowest BCUT2D eigenvalue weighted by molar-refractivity contribution is 0.287. The third-order valence-corrected chi connectivity index (χ3v) is 4.30. The van der Waals surface area contributed by atoms with Gasteiger partial charge in [-0.25, -0.2) is 4.98 Å². The second kappa shape index (κ2) is 7.73. The summed E-state index contributed by atoms with van der Waals surface area (Å²) in [5.41, 5.74) is 4.29. The van der Waals surface area contributed by atoms with Crippen LogP contribution in [0, 0.1) is 12.8 Å². The Balaban J connectivity index is 1.87. The molecule has 0 saturated carbocycles. The van der Waals surface area contributed by atoms with E-state index in [0.29, 0.717) is 5.92 Å². The van der Waals surface area contributed by atoms with E-state index in [-0.39, 0.29) is 0 Å². The summed E-state index contributed by atoms with van der Waals surface area (Å²) in [7, 11) is 2.12. The summed E-state index contributed by atoms with van der Waals surface area (Å²) >= 11 is 1.72. The minimum Gasteiger partial charge on any atom is -0.468 e. The smallest absolute Gasteiger partial charge is 0.122 e. The molecule has 0 radical (unpaired) electrons. The topological polar surface area (TPSA) is 41.3 Å². The van der Waals surface area contributed by atoms with Crippen LogP contribution in [0.15, 0.2) is 22.3 Å². The molecule has 2 aromatic rings. The average Bonchev–Trinajstić information content (AvgIpc) is 3.00. The summed E-state index contributed by atoms with van der Waals surface area (Å²) in [5, 5.41) is 3.47. The number of hydrogen-bond donors (Lipinski definition) is 1. The number of hydrogen-bond acceptors (Lipinski definition) is 5. The number of aryl methyl sites for hydroxylation is 1. The maximum absolute atomic E-state index is 5.65. The van der Waals surface area contributed by atoms with E-state index in [9.17, 15) is 0 Å². The molecule has 0 amide bonds. The second-order valence-electron chi connectivity index (χ2n) is 5.93. The fraction of sp³-hybridized carbons (Fsp3) is 0.562. The maximum atomic E-state index is 5.65. The van der Waals surface area contributed by atoms with Crippen molar-refractivity contribution in [2.24, 2.45) is 5.92 Å². The van der Waals surface area contributed by atoms with Gasteiger partial charge in [0.2, 0.25) is 0 Å². The molecule has 21 heavy (non-hydrogen) atoms. The second-order valence-corrected chi connectivity index (χ2v) is 6.87. The van der Waals surface area contributed by atoms with Crippen molar-refractivity contribution < 1.29 is 4.42 Å². The van der Waals surface area contributed by atoms with Gasteiger partial charge in [0, 0.05) is 23.5 Å². The van der Waals surface area contributed by atoms with E-state index in [2.05, 4.69) is 49.1 Å². The van der Waals surface area contributed by atoms with Gasteiger partial charge in [-0.3, -0.25) is 4.90 Å². The number of furan rings is 1. The molecule has 2 aromatic heterocycles. The Hall–Kier alpha value is -1.17. The van der Waals surface area contributed by atoms with Gasteiger partial charge in [-0.1, -0.05) is 13.8 Å². The SMILES string of the molecule is Cc1ncsc1CN(C)Cc1occc1CNCC(C)C. The van der Waals surface area contributed by atoms with Crippen LogP contribution in [-0.4, -0.2) is 23.5 Å². The molecule has 4 nitrogen and oxygen atoms in total. The van der Waals surface area contributed by atoms with E-state index >= 15 is 0 Å². The van der Waals surface area contributed by atoms with Crippen LogP contribution < -0.4 is 5.32 Å². The molecule has 0 aliphatic rings. The fourth-order valence-electron chi connectivity index (χ4n) is 2.18. The van der Waals surface area contributed by atoms with Crippen molar-refractivity contribution in [3.8, 4) is 0 Å². The lowest BCUT2D eigenvalue weighted by Crippen LogP contribution is -2.21. The van der Waals surface area contributed by atoms with Crippen LogP contribution in [0.3, 0.4) is 0 Å². The van der Waals surface area contributed by atoms with Gasteiger partial charge in [-0.05, 0) is 32.5 Å². The monoisotopic (exact) mass is 307 g/mol. The molecule has 0 aliphatic carbocycles. The fourth-order valence-corrected chi connectivity index (χ4v) is 3.04. The number of aromatic nitrogens is 1. The van der Waals surface area contributed by atoms with Crippen LogP contribution in [0.1, 0.15) is 35.7 Å². The highest BCUT2D eigenvalue weighted by Crippen LogP contribution is 2.18. The van der Waals surface area contributed by atoms with Crippen molar-refractivity contribution in [2.75, 3.05) is 13.6 Å². The highest BCUT2D eigenvalue weighted by atomic mass is 32.1. The summed E-state index contributed by atoms with van der Waals surface area (Å²) in [6.07, 6.45) is 1.79. The molecule has 0 aliphatic heterocycles. The van der Waals surface area contributed by atoms with Crippen molar-refractivity contribution in [2.45, 2.75) is 40.4 Å². The molecule has 1 N–H and O–H groups in total. The van der Waals surface area contributed by atoms with E-state index in [1.807, 2.05) is 5.51 Å². The molecular weight excluding hydrogens is 282 g/mol. The van der Waals surface area contributed by atoms with Crippen LogP contribution >= 0.6 is 11.3 Å². The quantitative estimate of drug-likeness (QED) is 0.811. The van der Waals surface area contributed by atoms with E-state index in [1.165, 1.54) is 10.4 Å². The van der Waals surface area contributed by atoms with Crippen molar-refractivity contribution in [1.82, 2.24) is 15.2 Å². The first-order valence-corrected chi connectivity index (χ1v) is 8.27. The summed E-state index contributed by atoms with van der Waals surface area (Å²) in [4.78, 5) is 7.89. The minimum absolute atomic E-state index is 0.664. The molecule has 0 aromatic carbocycles. The molecular formula is C16H25N3OS. The lowest BCUT2D eigenvalue weighted by Gasteiger charge is -2.15. The Morgan fingerprint density at radius 1 is 1.38 bits per heavy atom. The van der Waals surface area contributed by atoms with Crippen molar-refractivity contribution in [3.05, 3.63) is 39.7 Å². The average molecular weight is 307 g/mol. The van der Waals surface area contributed by atoms with E-state index in [0.717, 1.165) is 37.6 Å². The zero-order chi connectivity index (χ0) is 15.2. The van der Waals surface area contributed by atoms with Crippen LogP contribution in [0.25, 0.3) is 0 Å². The standard InChI is InChI=1S/C16H25N3OS/c1-12(2)7-17-8-14-5-6-20-15(14)9-19(4)10-16-13(3)18-11-21-16/h5-6,11-12,17H,7-10H2,1-4H3. The first-order valence-electron chi connectivity index (χ1n) is 7.39. The number of nitrogens with zero attached hydrogens (tertiary/aromatic N) is 2. The zero-order valence-electron chi connectivity index (χ0n) is 13.3. The Morgan fingerprint density at radius 2 is 2.19 bits per heavy atom. The number of thiazole rings is 1. The lowest BCUT2D eigenvalue weighted by atomic mass is 10.2. The highest BCUT2D eigenvalue weighted by molar-refractivity contribution is 7.09. The van der Waals surface area contributed by atoms with Gasteiger partial charge < -0.3 is 9.73 Å². The van der Waals surface area contributed by atoms with Crippen molar-refractivity contribution >= 4 is 11.3 Å². The molecule has 0 bridgehead atoms. The predicted octanol–water partition coefficient (Wildman–Crippen LogP) is 3.42. The number of nitrogens with one attached hydrogen (secondary N) is 1. The van der Waals surface area contributed by atoms with Gasteiger partial charge in [0.15, 0.2) is 0 Å². The molecule has 116 valence electrons. The third-order valence-electron chi connectivity index (χ3n) is 3.38. The van der Waals surface area contributed by atoms with Gasteiger partial charge in [0.25, 0.3) is 0 Å². The van der Waals surface area contributed by atoms with Gasteiger partial charge >= 0.3 is 0 Å². The Labute approximate surface area is 131 Å². The van der Waals surface area contributed by atoms with E-state index in [4.69, 9.17) is 4.42 Å². The molecule has 2 rings (SSSR count). The van der Waals surface area contributed by atoms with Crippen LogP contribution in [0.2, 0.25) is 0 Å². The Bertz CT molecular complexity index is 547. The number of rotatable bonds is 8. The first-order chi connectivity index (χ1) is 10.1.